The van der Waals surface area contributed by atoms with Crippen molar-refractivity contribution in [2.24, 2.45) is 0 Å². The van der Waals surface area contributed by atoms with Gasteiger partial charge in [0.05, 0.1) is 7.11 Å². The Bertz CT molecular complexity index is 1100. The molecular weight excluding hydrogens is 450 g/mol. The van der Waals surface area contributed by atoms with Crippen molar-refractivity contribution < 1.29 is 14.3 Å². The van der Waals surface area contributed by atoms with Gasteiger partial charge in [-0.25, -0.2) is 4.79 Å². The molecule has 2 heterocycles. The zero-order valence-corrected chi connectivity index (χ0v) is 18.9. The minimum atomic E-state index is -0.313. The minimum absolute atomic E-state index is 0.132. The molecule has 0 aliphatic carbocycles. The zero-order valence-electron chi connectivity index (χ0n) is 17.4. The van der Waals surface area contributed by atoms with Crippen molar-refractivity contribution in [3.8, 4) is 5.75 Å². The number of nitrogens with zero attached hydrogens (tertiary/aromatic N) is 3. The molecule has 0 atom stereocenters. The summed E-state index contributed by atoms with van der Waals surface area (Å²) in [4.78, 5) is 26.8. The summed E-state index contributed by atoms with van der Waals surface area (Å²) in [6.07, 6.45) is 1.53. The van der Waals surface area contributed by atoms with E-state index in [2.05, 4.69) is 20.8 Å². The highest BCUT2D eigenvalue weighted by atomic mass is 35.5. The quantitative estimate of drug-likeness (QED) is 0.553. The maximum absolute atomic E-state index is 12.6. The first-order chi connectivity index (χ1) is 15.5. The second-order valence-electron chi connectivity index (χ2n) is 7.33. The van der Waals surface area contributed by atoms with Crippen LogP contribution >= 0.6 is 22.9 Å². The second kappa shape index (κ2) is 9.97. The Hall–Kier alpha value is -3.17. The Morgan fingerprint density at radius 2 is 1.81 bits per heavy atom. The largest absolute Gasteiger partial charge is 0.497 e. The molecule has 4 rings (SSSR count). The molecule has 2 aromatic carbocycles. The Balaban J connectivity index is 1.30. The molecule has 32 heavy (non-hydrogen) atoms. The van der Waals surface area contributed by atoms with Crippen molar-refractivity contribution in [1.82, 2.24) is 15.1 Å². The van der Waals surface area contributed by atoms with Crippen LogP contribution in [0.25, 0.3) is 0 Å². The Morgan fingerprint density at radius 1 is 1.06 bits per heavy atom. The average Bonchev–Trinajstić information content (AvgIpc) is 3.30. The number of ether oxygens (including phenoxy) is 1. The molecule has 3 amide bonds. The first kappa shape index (κ1) is 22.0. The number of benzene rings is 2. The summed E-state index contributed by atoms with van der Waals surface area (Å²) < 4.78 is 5.13. The molecule has 1 aromatic heterocycles. The fraction of sp³-hybridized carbons (Fsp3) is 0.273. The van der Waals surface area contributed by atoms with Gasteiger partial charge in [-0.15, -0.1) is 10.2 Å². The van der Waals surface area contributed by atoms with Crippen molar-refractivity contribution in [3.05, 3.63) is 63.6 Å². The van der Waals surface area contributed by atoms with E-state index in [1.165, 1.54) is 11.3 Å². The summed E-state index contributed by atoms with van der Waals surface area (Å²) in [6, 6.07) is 14.0. The molecule has 2 N–H and O–H groups in total. The normalized spacial score (nSPS) is 14.1. The summed E-state index contributed by atoms with van der Waals surface area (Å²) in [7, 11) is 1.60. The molecule has 0 saturated carbocycles. The van der Waals surface area contributed by atoms with E-state index in [0.717, 1.165) is 29.3 Å². The third-order valence-electron chi connectivity index (χ3n) is 5.19. The predicted octanol–water partition coefficient (Wildman–Crippen LogP) is 4.86. The SMILES string of the molecule is COc1ccc(NC(=O)N2CCC(c3nnc(C(=O)Nc4cccc(Cl)c4)s3)CC2)cc1. The van der Waals surface area contributed by atoms with Gasteiger partial charge < -0.3 is 20.3 Å². The van der Waals surface area contributed by atoms with Crippen LogP contribution in [-0.4, -0.2) is 47.2 Å². The van der Waals surface area contributed by atoms with Crippen LogP contribution in [0.1, 0.15) is 33.6 Å². The van der Waals surface area contributed by atoms with Gasteiger partial charge in [0.15, 0.2) is 0 Å². The summed E-state index contributed by atoms with van der Waals surface area (Å²) in [5.74, 6) is 0.596. The number of likely N-dealkylation sites (tertiary alicyclic amines) is 1. The highest BCUT2D eigenvalue weighted by Gasteiger charge is 2.27. The van der Waals surface area contributed by atoms with E-state index in [4.69, 9.17) is 16.3 Å². The topological polar surface area (TPSA) is 96.4 Å². The van der Waals surface area contributed by atoms with Crippen molar-refractivity contribution >= 4 is 46.3 Å². The minimum Gasteiger partial charge on any atom is -0.497 e. The Morgan fingerprint density at radius 3 is 2.50 bits per heavy atom. The number of methoxy groups -OCH3 is 1. The van der Waals surface area contributed by atoms with Crippen LogP contribution < -0.4 is 15.4 Å². The monoisotopic (exact) mass is 471 g/mol. The van der Waals surface area contributed by atoms with Gasteiger partial charge in [0, 0.05) is 35.4 Å². The zero-order chi connectivity index (χ0) is 22.5. The van der Waals surface area contributed by atoms with Gasteiger partial charge >= 0.3 is 6.03 Å². The lowest BCUT2D eigenvalue weighted by Crippen LogP contribution is -2.40. The standard InChI is InChI=1S/C22H22ClN5O3S/c1-31-18-7-5-16(6-8-18)25-22(30)28-11-9-14(10-12-28)20-26-27-21(32-20)19(29)24-17-4-2-3-15(23)13-17/h2-8,13-14H,9-12H2,1H3,(H,24,29)(H,25,30). The van der Waals surface area contributed by atoms with Gasteiger partial charge in [-0.05, 0) is 55.3 Å². The number of carbonyl (C=O) groups is 2. The summed E-state index contributed by atoms with van der Waals surface area (Å²) in [5.41, 5.74) is 1.33. The fourth-order valence-electron chi connectivity index (χ4n) is 3.45. The van der Waals surface area contributed by atoms with E-state index in [-0.39, 0.29) is 17.9 Å². The highest BCUT2D eigenvalue weighted by Crippen LogP contribution is 2.31. The highest BCUT2D eigenvalue weighted by molar-refractivity contribution is 7.13. The van der Waals surface area contributed by atoms with Crippen LogP contribution in [0.4, 0.5) is 16.2 Å². The molecule has 1 aliphatic rings. The summed E-state index contributed by atoms with van der Waals surface area (Å²) in [6.45, 7) is 1.21. The third kappa shape index (κ3) is 5.35. The van der Waals surface area contributed by atoms with Crippen LogP contribution in [0.3, 0.4) is 0 Å². The van der Waals surface area contributed by atoms with Crippen molar-refractivity contribution in [2.45, 2.75) is 18.8 Å². The lowest BCUT2D eigenvalue weighted by molar-refractivity contribution is 0.102. The number of anilines is 2. The Labute approximate surface area is 194 Å². The fourth-order valence-corrected chi connectivity index (χ4v) is 4.55. The van der Waals surface area contributed by atoms with Crippen LogP contribution in [-0.2, 0) is 0 Å². The van der Waals surface area contributed by atoms with E-state index < -0.39 is 0 Å². The maximum Gasteiger partial charge on any atom is 0.321 e. The Kier molecular flexibility index (Phi) is 6.87. The first-order valence-electron chi connectivity index (χ1n) is 10.1. The molecule has 166 valence electrons. The smallest absolute Gasteiger partial charge is 0.321 e. The summed E-state index contributed by atoms with van der Waals surface area (Å²) >= 11 is 7.25. The molecule has 0 radical (unpaired) electrons. The number of halogens is 1. The van der Waals surface area contributed by atoms with Gasteiger partial charge in [-0.1, -0.05) is 29.0 Å². The van der Waals surface area contributed by atoms with E-state index >= 15 is 0 Å². The van der Waals surface area contributed by atoms with Crippen LogP contribution in [0, 0.1) is 0 Å². The number of amides is 3. The first-order valence-corrected chi connectivity index (χ1v) is 11.3. The third-order valence-corrected chi connectivity index (χ3v) is 6.51. The molecule has 10 heteroatoms. The number of piperidine rings is 1. The molecule has 8 nitrogen and oxygen atoms in total. The predicted molar refractivity (Wildman–Crippen MR) is 125 cm³/mol. The van der Waals surface area contributed by atoms with Crippen LogP contribution in [0.5, 0.6) is 5.75 Å². The van der Waals surface area contributed by atoms with E-state index in [0.29, 0.717) is 28.8 Å². The van der Waals surface area contributed by atoms with Gasteiger partial charge in [0.2, 0.25) is 5.01 Å². The van der Waals surface area contributed by atoms with Crippen LogP contribution in [0.2, 0.25) is 5.02 Å². The molecule has 1 saturated heterocycles. The molecule has 0 unspecified atom stereocenters. The van der Waals surface area contributed by atoms with Gasteiger partial charge in [0.25, 0.3) is 5.91 Å². The maximum atomic E-state index is 12.6. The van der Waals surface area contributed by atoms with E-state index in [1.807, 2.05) is 0 Å². The number of rotatable bonds is 5. The lowest BCUT2D eigenvalue weighted by atomic mass is 9.98. The van der Waals surface area contributed by atoms with Crippen molar-refractivity contribution in [2.75, 3.05) is 30.8 Å². The number of nitrogens with one attached hydrogen (secondary N) is 2. The number of hydrogen-bond donors (Lipinski definition) is 2. The number of hydrogen-bond acceptors (Lipinski definition) is 6. The average molecular weight is 472 g/mol. The molecule has 0 bridgehead atoms. The summed E-state index contributed by atoms with van der Waals surface area (Å²) in [5, 5.41) is 15.6. The van der Waals surface area contributed by atoms with E-state index in [9.17, 15) is 9.59 Å². The number of aromatic nitrogens is 2. The molecular formula is C22H22ClN5O3S. The van der Waals surface area contributed by atoms with Crippen molar-refractivity contribution in [3.63, 3.8) is 0 Å². The molecule has 1 aliphatic heterocycles. The molecule has 1 fully saturated rings. The van der Waals surface area contributed by atoms with Crippen molar-refractivity contribution in [1.29, 1.82) is 0 Å². The molecule has 0 spiro atoms. The number of urea groups is 1. The van der Waals surface area contributed by atoms with E-state index in [1.54, 1.807) is 60.5 Å². The van der Waals surface area contributed by atoms with Gasteiger partial charge in [-0.3, -0.25) is 4.79 Å². The lowest BCUT2D eigenvalue weighted by Gasteiger charge is -2.30. The van der Waals surface area contributed by atoms with Gasteiger partial charge in [-0.2, -0.15) is 0 Å². The van der Waals surface area contributed by atoms with Crippen LogP contribution in [0.15, 0.2) is 48.5 Å². The molecule has 3 aromatic rings. The number of carbonyl (C=O) groups excluding carboxylic acids is 2. The van der Waals surface area contributed by atoms with Gasteiger partial charge in [0.1, 0.15) is 10.8 Å². The second-order valence-corrected chi connectivity index (χ2v) is 8.78.